The van der Waals surface area contributed by atoms with E-state index in [4.69, 9.17) is 0 Å². The van der Waals surface area contributed by atoms with Crippen molar-refractivity contribution in [1.82, 2.24) is 5.32 Å². The first-order valence-corrected chi connectivity index (χ1v) is 4.81. The summed E-state index contributed by atoms with van der Waals surface area (Å²) in [5.74, 6) is -3.34. The summed E-state index contributed by atoms with van der Waals surface area (Å²) in [6, 6.07) is 5.76. The van der Waals surface area contributed by atoms with E-state index in [2.05, 4.69) is 5.32 Å². The van der Waals surface area contributed by atoms with Crippen LogP contribution in [-0.2, 0) is 5.41 Å². The second kappa shape index (κ2) is 3.23. The van der Waals surface area contributed by atoms with E-state index in [0.717, 1.165) is 0 Å². The molecule has 1 aromatic carbocycles. The van der Waals surface area contributed by atoms with E-state index < -0.39 is 17.2 Å². The van der Waals surface area contributed by atoms with Crippen LogP contribution in [0, 0.1) is 5.82 Å². The first-order valence-electron chi connectivity index (χ1n) is 4.81. The molecule has 0 radical (unpaired) electrons. The van der Waals surface area contributed by atoms with Crippen LogP contribution in [0.25, 0.3) is 0 Å². The predicted molar refractivity (Wildman–Crippen MR) is 51.6 cm³/mol. The number of halogens is 3. The van der Waals surface area contributed by atoms with Gasteiger partial charge in [0, 0.05) is 18.5 Å². The molecule has 1 saturated carbocycles. The van der Waals surface area contributed by atoms with Gasteiger partial charge in [-0.3, -0.25) is 0 Å². The number of alkyl halides is 2. The molecule has 1 aromatic rings. The Morgan fingerprint density at radius 3 is 2.40 bits per heavy atom. The van der Waals surface area contributed by atoms with E-state index in [1.807, 2.05) is 0 Å². The molecule has 0 spiro atoms. The van der Waals surface area contributed by atoms with Gasteiger partial charge in [-0.1, -0.05) is 18.2 Å². The predicted octanol–water partition coefficient (Wildman–Crippen LogP) is 2.32. The molecule has 1 atom stereocenters. The summed E-state index contributed by atoms with van der Waals surface area (Å²) in [5.41, 5.74) is -1.23. The third-order valence-electron chi connectivity index (χ3n) is 2.97. The topological polar surface area (TPSA) is 12.0 Å². The maximum absolute atomic E-state index is 13.4. The lowest BCUT2D eigenvalue weighted by Gasteiger charge is -2.16. The summed E-state index contributed by atoms with van der Waals surface area (Å²) in [6.45, 7) is 0.0981. The molecule has 2 rings (SSSR count). The van der Waals surface area contributed by atoms with Gasteiger partial charge in [0.1, 0.15) is 5.82 Å². The largest absolute Gasteiger partial charge is 0.319 e. The van der Waals surface area contributed by atoms with Crippen molar-refractivity contribution in [3.8, 4) is 0 Å². The minimum absolute atomic E-state index is 0.0981. The molecule has 1 aliphatic rings. The van der Waals surface area contributed by atoms with Crippen LogP contribution in [0.2, 0.25) is 0 Å². The van der Waals surface area contributed by atoms with Gasteiger partial charge in [0.2, 0.25) is 0 Å². The molecule has 1 aliphatic carbocycles. The quantitative estimate of drug-likeness (QED) is 0.816. The van der Waals surface area contributed by atoms with Crippen LogP contribution in [0.5, 0.6) is 0 Å². The number of hydrogen-bond acceptors (Lipinski definition) is 1. The molecular formula is C11H12F3N. The molecule has 0 amide bonds. The van der Waals surface area contributed by atoms with Crippen molar-refractivity contribution in [1.29, 1.82) is 0 Å². The first kappa shape index (κ1) is 10.5. The molecule has 0 heterocycles. The van der Waals surface area contributed by atoms with Gasteiger partial charge in [0.15, 0.2) is 0 Å². The van der Waals surface area contributed by atoms with Crippen molar-refractivity contribution in [2.45, 2.75) is 17.8 Å². The Kier molecular flexibility index (Phi) is 2.26. The summed E-state index contributed by atoms with van der Waals surface area (Å²) >= 11 is 0. The molecule has 1 nitrogen and oxygen atoms in total. The molecular weight excluding hydrogens is 203 g/mol. The van der Waals surface area contributed by atoms with Crippen LogP contribution in [0.4, 0.5) is 13.2 Å². The molecule has 1 N–H and O–H groups in total. The third-order valence-corrected chi connectivity index (χ3v) is 2.97. The van der Waals surface area contributed by atoms with Crippen molar-refractivity contribution >= 4 is 0 Å². The zero-order chi connectivity index (χ0) is 11.1. The number of nitrogens with one attached hydrogen (secondary N) is 1. The molecule has 0 bridgehead atoms. The zero-order valence-electron chi connectivity index (χ0n) is 8.36. The molecule has 4 heteroatoms. The molecule has 0 aromatic heterocycles. The van der Waals surface area contributed by atoms with E-state index in [9.17, 15) is 13.2 Å². The monoisotopic (exact) mass is 215 g/mol. The van der Waals surface area contributed by atoms with E-state index in [-0.39, 0.29) is 18.5 Å². The van der Waals surface area contributed by atoms with Gasteiger partial charge in [-0.2, -0.15) is 0 Å². The summed E-state index contributed by atoms with van der Waals surface area (Å²) in [4.78, 5) is 0. The zero-order valence-corrected chi connectivity index (χ0v) is 8.36. The standard InChI is InChI=1S/C11H12F3N/c1-15-7-10(6-11(10,13)14)8-4-2-3-5-9(8)12/h2-5,15H,6-7H2,1H3. The van der Waals surface area contributed by atoms with Gasteiger partial charge in [-0.15, -0.1) is 0 Å². The number of hydrogen-bond donors (Lipinski definition) is 1. The van der Waals surface area contributed by atoms with E-state index >= 15 is 0 Å². The molecule has 0 aliphatic heterocycles. The Morgan fingerprint density at radius 2 is 1.93 bits per heavy atom. The van der Waals surface area contributed by atoms with Crippen LogP contribution in [-0.4, -0.2) is 19.5 Å². The highest BCUT2D eigenvalue weighted by molar-refractivity contribution is 5.39. The van der Waals surface area contributed by atoms with E-state index in [0.29, 0.717) is 0 Å². The van der Waals surface area contributed by atoms with Crippen molar-refractivity contribution in [3.05, 3.63) is 35.6 Å². The maximum atomic E-state index is 13.4. The lowest BCUT2D eigenvalue weighted by molar-refractivity contribution is 0.0868. The molecule has 1 unspecified atom stereocenters. The lowest BCUT2D eigenvalue weighted by atomic mass is 9.94. The number of rotatable bonds is 3. The van der Waals surface area contributed by atoms with E-state index in [1.165, 1.54) is 18.2 Å². The Hall–Kier alpha value is -1.03. The Bertz CT molecular complexity index is 378. The van der Waals surface area contributed by atoms with Crippen LogP contribution < -0.4 is 5.32 Å². The Morgan fingerprint density at radius 1 is 1.33 bits per heavy atom. The SMILES string of the molecule is CNCC1(c2ccccc2F)CC1(F)F. The number of likely N-dealkylation sites (N-methyl/N-ethyl adjacent to an activating group) is 1. The van der Waals surface area contributed by atoms with Crippen molar-refractivity contribution in [2.75, 3.05) is 13.6 Å². The van der Waals surface area contributed by atoms with Gasteiger partial charge < -0.3 is 5.32 Å². The van der Waals surface area contributed by atoms with Crippen LogP contribution in [0.15, 0.2) is 24.3 Å². The third kappa shape index (κ3) is 1.44. The highest BCUT2D eigenvalue weighted by atomic mass is 19.3. The van der Waals surface area contributed by atoms with Crippen molar-refractivity contribution in [3.63, 3.8) is 0 Å². The fourth-order valence-corrected chi connectivity index (χ4v) is 2.07. The van der Waals surface area contributed by atoms with Crippen LogP contribution >= 0.6 is 0 Å². The highest BCUT2D eigenvalue weighted by Gasteiger charge is 2.72. The Labute approximate surface area is 86.3 Å². The van der Waals surface area contributed by atoms with E-state index in [1.54, 1.807) is 13.1 Å². The second-order valence-electron chi connectivity index (χ2n) is 3.97. The highest BCUT2D eigenvalue weighted by Crippen LogP contribution is 2.61. The normalized spacial score (nSPS) is 27.7. The smallest absolute Gasteiger partial charge is 0.260 e. The molecule has 1 fully saturated rings. The summed E-state index contributed by atoms with van der Waals surface area (Å²) in [6.07, 6.45) is -0.276. The molecule has 0 saturated heterocycles. The summed E-state index contributed by atoms with van der Waals surface area (Å²) < 4.78 is 40.0. The maximum Gasteiger partial charge on any atom is 0.260 e. The first-order chi connectivity index (χ1) is 7.03. The minimum Gasteiger partial charge on any atom is -0.319 e. The molecule has 15 heavy (non-hydrogen) atoms. The van der Waals surface area contributed by atoms with Gasteiger partial charge in [-0.05, 0) is 13.1 Å². The summed E-state index contributed by atoms with van der Waals surface area (Å²) in [7, 11) is 1.59. The second-order valence-corrected chi connectivity index (χ2v) is 3.97. The average Bonchev–Trinajstić information content (AvgIpc) is 2.70. The molecule has 82 valence electrons. The van der Waals surface area contributed by atoms with Gasteiger partial charge in [-0.25, -0.2) is 13.2 Å². The van der Waals surface area contributed by atoms with Crippen molar-refractivity contribution in [2.24, 2.45) is 0 Å². The summed E-state index contributed by atoms with van der Waals surface area (Å²) in [5, 5.41) is 2.71. The van der Waals surface area contributed by atoms with Gasteiger partial charge in [0.05, 0.1) is 5.41 Å². The van der Waals surface area contributed by atoms with Gasteiger partial charge in [0.25, 0.3) is 5.92 Å². The van der Waals surface area contributed by atoms with Gasteiger partial charge >= 0.3 is 0 Å². The fraction of sp³-hybridized carbons (Fsp3) is 0.455. The average molecular weight is 215 g/mol. The minimum atomic E-state index is -2.79. The van der Waals surface area contributed by atoms with Crippen molar-refractivity contribution < 1.29 is 13.2 Å². The Balaban J connectivity index is 2.41. The lowest BCUT2D eigenvalue weighted by Crippen LogP contribution is -2.30. The van der Waals surface area contributed by atoms with Crippen LogP contribution in [0.1, 0.15) is 12.0 Å². The van der Waals surface area contributed by atoms with Crippen LogP contribution in [0.3, 0.4) is 0 Å². The fourth-order valence-electron chi connectivity index (χ4n) is 2.07. The number of benzene rings is 1.